The SMILES string of the molecule is CC(C)[C@@H](CC[C@@H](C)C1CCC2C3C(CC[C@@]21C)[C@@]1(C)CC[C@H](NCCCNCCCCCCCCN)C[C@@H]1C[C@H]3O)OS(=O)(=O)O. The molecule has 0 aromatic carbocycles. The van der Waals surface area contributed by atoms with E-state index in [1.165, 1.54) is 89.9 Å². The highest BCUT2D eigenvalue weighted by Gasteiger charge is 2.62. The molecule has 9 heteroatoms. The standard InChI is InChI=1S/C38H73N3O5S/c1-27(2)35(46-47(43,44)45)16-13-28(3)31-14-15-32-36-33(18-20-38(31,32)5)37(4)19-17-30(25-29(37)26-34(36)42)41-24-12-23-40-22-11-9-7-6-8-10-21-39/h27-36,40-42H,6-26,39H2,1-5H3,(H,43,44,45)/t28-,29-,30+,31?,32?,33?,34-,35-,36?,37+,38-/m1/s1. The average molecular weight is 684 g/mol. The van der Waals surface area contributed by atoms with E-state index in [0.29, 0.717) is 53.4 Å². The van der Waals surface area contributed by atoms with Crippen LogP contribution in [0.25, 0.3) is 0 Å². The third-order valence-electron chi connectivity index (χ3n) is 14.1. The third kappa shape index (κ3) is 10.2. The summed E-state index contributed by atoms with van der Waals surface area (Å²) in [4.78, 5) is 0. The van der Waals surface area contributed by atoms with Gasteiger partial charge in [-0.1, -0.05) is 60.3 Å². The van der Waals surface area contributed by atoms with Gasteiger partial charge in [-0.25, -0.2) is 4.18 Å². The predicted octanol–water partition coefficient (Wildman–Crippen LogP) is 7.11. The quantitative estimate of drug-likeness (QED) is 0.0677. The lowest BCUT2D eigenvalue weighted by Crippen LogP contribution is -2.59. The molecule has 4 aliphatic carbocycles. The smallest absolute Gasteiger partial charge is 0.393 e. The number of fused-ring (bicyclic) bond motifs is 5. The molecule has 0 saturated heterocycles. The van der Waals surface area contributed by atoms with Crippen molar-refractivity contribution in [2.45, 2.75) is 162 Å². The van der Waals surface area contributed by atoms with Crippen LogP contribution in [0.4, 0.5) is 0 Å². The van der Waals surface area contributed by atoms with Gasteiger partial charge in [-0.2, -0.15) is 8.42 Å². The van der Waals surface area contributed by atoms with Crippen LogP contribution in [0, 0.1) is 52.3 Å². The summed E-state index contributed by atoms with van der Waals surface area (Å²) in [6, 6.07) is 0.579. The average Bonchev–Trinajstić information content (AvgIpc) is 3.36. The van der Waals surface area contributed by atoms with Crippen molar-refractivity contribution in [3.63, 3.8) is 0 Å². The normalized spacial score (nSPS) is 36.9. The van der Waals surface area contributed by atoms with Crippen LogP contribution in [-0.2, 0) is 14.6 Å². The predicted molar refractivity (Wildman–Crippen MR) is 192 cm³/mol. The molecular formula is C38H73N3O5S. The van der Waals surface area contributed by atoms with E-state index < -0.39 is 16.5 Å². The number of hydrogen-bond donors (Lipinski definition) is 5. The van der Waals surface area contributed by atoms with E-state index in [-0.39, 0.29) is 17.4 Å². The Hall–Kier alpha value is -0.290. The van der Waals surface area contributed by atoms with Crippen LogP contribution in [0.1, 0.15) is 144 Å². The first kappa shape index (κ1) is 39.5. The maximum absolute atomic E-state index is 11.8. The van der Waals surface area contributed by atoms with Crippen LogP contribution < -0.4 is 16.4 Å². The minimum atomic E-state index is -4.46. The van der Waals surface area contributed by atoms with Crippen LogP contribution >= 0.6 is 0 Å². The van der Waals surface area contributed by atoms with Crippen LogP contribution in [0.2, 0.25) is 0 Å². The van der Waals surface area contributed by atoms with Gasteiger partial charge in [-0.15, -0.1) is 0 Å². The van der Waals surface area contributed by atoms with Crippen LogP contribution in [0.3, 0.4) is 0 Å². The Bertz CT molecular complexity index is 1040. The number of nitrogens with one attached hydrogen (secondary N) is 2. The van der Waals surface area contributed by atoms with Crippen molar-refractivity contribution in [3.05, 3.63) is 0 Å². The first-order chi connectivity index (χ1) is 22.3. The fourth-order valence-corrected chi connectivity index (χ4v) is 12.0. The third-order valence-corrected chi connectivity index (χ3v) is 14.6. The lowest BCUT2D eigenvalue weighted by Gasteiger charge is -2.62. The summed E-state index contributed by atoms with van der Waals surface area (Å²) in [7, 11) is -4.46. The molecule has 4 saturated carbocycles. The number of rotatable bonds is 20. The molecule has 276 valence electrons. The van der Waals surface area contributed by atoms with Crippen LogP contribution in [0.5, 0.6) is 0 Å². The molecule has 0 amide bonds. The van der Waals surface area contributed by atoms with Gasteiger partial charge in [0.1, 0.15) is 0 Å². The highest BCUT2D eigenvalue weighted by molar-refractivity contribution is 7.80. The van der Waals surface area contributed by atoms with E-state index in [4.69, 9.17) is 9.92 Å². The first-order valence-electron chi connectivity index (χ1n) is 19.8. The molecule has 4 unspecified atom stereocenters. The Balaban J connectivity index is 1.23. The van der Waals surface area contributed by atoms with E-state index in [2.05, 4.69) is 31.4 Å². The summed E-state index contributed by atoms with van der Waals surface area (Å²) in [6.45, 7) is 15.5. The molecule has 0 bridgehead atoms. The molecule has 6 N–H and O–H groups in total. The van der Waals surface area contributed by atoms with Gasteiger partial charge < -0.3 is 21.5 Å². The summed E-state index contributed by atoms with van der Waals surface area (Å²) in [5.41, 5.74) is 6.13. The minimum Gasteiger partial charge on any atom is -0.393 e. The molecule has 4 aliphatic rings. The molecular weight excluding hydrogens is 611 g/mol. The second-order valence-electron chi connectivity index (χ2n) is 17.3. The largest absolute Gasteiger partial charge is 0.397 e. The molecule has 11 atom stereocenters. The monoisotopic (exact) mass is 684 g/mol. The van der Waals surface area contributed by atoms with Crippen molar-refractivity contribution in [2.24, 2.45) is 58.0 Å². The lowest BCUT2D eigenvalue weighted by molar-refractivity contribution is -0.167. The second-order valence-corrected chi connectivity index (χ2v) is 18.4. The molecule has 0 heterocycles. The van der Waals surface area contributed by atoms with E-state index in [1.807, 2.05) is 13.8 Å². The van der Waals surface area contributed by atoms with Crippen LogP contribution in [0.15, 0.2) is 0 Å². The van der Waals surface area contributed by atoms with E-state index in [9.17, 15) is 18.1 Å². The summed E-state index contributed by atoms with van der Waals surface area (Å²) < 4.78 is 37.2. The van der Waals surface area contributed by atoms with Gasteiger partial charge in [-0.3, -0.25) is 4.55 Å². The molecule has 0 aromatic heterocycles. The maximum Gasteiger partial charge on any atom is 0.397 e. The number of aliphatic hydroxyl groups excluding tert-OH is 1. The second kappa shape index (κ2) is 17.8. The highest BCUT2D eigenvalue weighted by Crippen LogP contribution is 2.68. The summed E-state index contributed by atoms with van der Waals surface area (Å²) in [6.07, 6.45) is 19.3. The van der Waals surface area contributed by atoms with Gasteiger partial charge in [0.15, 0.2) is 0 Å². The molecule has 4 rings (SSSR count). The zero-order valence-electron chi connectivity index (χ0n) is 30.7. The topological polar surface area (TPSA) is 134 Å². The number of unbranched alkanes of at least 4 members (excludes halogenated alkanes) is 5. The van der Waals surface area contributed by atoms with Crippen LogP contribution in [-0.4, -0.2) is 62.5 Å². The van der Waals surface area contributed by atoms with Crippen molar-refractivity contribution in [3.8, 4) is 0 Å². The van der Waals surface area contributed by atoms with Crippen molar-refractivity contribution in [1.82, 2.24) is 10.6 Å². The summed E-state index contributed by atoms with van der Waals surface area (Å²) in [5, 5.41) is 19.4. The van der Waals surface area contributed by atoms with Crippen molar-refractivity contribution in [1.29, 1.82) is 0 Å². The van der Waals surface area contributed by atoms with E-state index in [0.717, 1.165) is 39.0 Å². The Morgan fingerprint density at radius 1 is 0.830 bits per heavy atom. The molecule has 0 aliphatic heterocycles. The molecule has 0 spiro atoms. The van der Waals surface area contributed by atoms with Gasteiger partial charge in [0.25, 0.3) is 0 Å². The lowest BCUT2D eigenvalue weighted by atomic mass is 9.43. The van der Waals surface area contributed by atoms with Gasteiger partial charge >= 0.3 is 10.4 Å². The van der Waals surface area contributed by atoms with Gasteiger partial charge in [0.05, 0.1) is 12.2 Å². The molecule has 47 heavy (non-hydrogen) atoms. The zero-order chi connectivity index (χ0) is 34.2. The molecule has 4 fully saturated rings. The Labute approximate surface area is 288 Å². The van der Waals surface area contributed by atoms with Gasteiger partial charge in [-0.05, 0) is 162 Å². The molecule has 8 nitrogen and oxygen atoms in total. The fraction of sp³-hybridized carbons (Fsp3) is 1.00. The van der Waals surface area contributed by atoms with Crippen molar-refractivity contribution < 1.29 is 22.3 Å². The van der Waals surface area contributed by atoms with E-state index in [1.54, 1.807) is 0 Å². The number of aliphatic hydroxyl groups is 1. The fourth-order valence-electron chi connectivity index (χ4n) is 11.4. The highest BCUT2D eigenvalue weighted by atomic mass is 32.3. The molecule has 0 radical (unpaired) electrons. The van der Waals surface area contributed by atoms with Gasteiger partial charge in [0, 0.05) is 6.04 Å². The number of hydrogen-bond acceptors (Lipinski definition) is 7. The molecule has 0 aromatic rings. The van der Waals surface area contributed by atoms with Crippen molar-refractivity contribution >= 4 is 10.4 Å². The number of nitrogens with two attached hydrogens (primary N) is 1. The Morgan fingerprint density at radius 3 is 2.19 bits per heavy atom. The first-order valence-corrected chi connectivity index (χ1v) is 21.1. The maximum atomic E-state index is 11.8. The summed E-state index contributed by atoms with van der Waals surface area (Å²) in [5.74, 6) is 3.22. The van der Waals surface area contributed by atoms with Gasteiger partial charge in [0.2, 0.25) is 0 Å². The van der Waals surface area contributed by atoms with E-state index >= 15 is 0 Å². The minimum absolute atomic E-state index is 0.0154. The Morgan fingerprint density at radius 2 is 1.49 bits per heavy atom. The van der Waals surface area contributed by atoms with Crippen molar-refractivity contribution in [2.75, 3.05) is 26.2 Å². The summed E-state index contributed by atoms with van der Waals surface area (Å²) >= 11 is 0. The zero-order valence-corrected chi connectivity index (χ0v) is 31.5. The Kier molecular flexibility index (Phi) is 14.9.